The Morgan fingerprint density at radius 3 is 2.75 bits per heavy atom. The van der Waals surface area contributed by atoms with E-state index in [2.05, 4.69) is 5.11 Å². The first-order chi connectivity index (χ1) is 5.65. The summed E-state index contributed by atoms with van der Waals surface area (Å²) in [4.78, 5) is 9.78. The van der Waals surface area contributed by atoms with Gasteiger partial charge >= 0.3 is 0 Å². The molecule has 0 radical (unpaired) electrons. The van der Waals surface area contributed by atoms with E-state index in [1.165, 1.54) is 12.1 Å². The molecule has 1 aromatic carbocycles. The molecule has 0 aliphatic rings. The number of nitro benzene ring substituents is 1. The fourth-order valence-corrected chi connectivity index (χ4v) is 0.832. The zero-order valence-electron chi connectivity index (χ0n) is 6.44. The van der Waals surface area contributed by atoms with Crippen molar-refractivity contribution in [2.45, 2.75) is 6.92 Å². The zero-order valence-corrected chi connectivity index (χ0v) is 6.44. The van der Waals surface area contributed by atoms with Crippen LogP contribution in [0.15, 0.2) is 23.3 Å². The van der Waals surface area contributed by atoms with Crippen LogP contribution < -0.4 is 0 Å². The number of nitrogens with one attached hydrogen (secondary N) is 1. The van der Waals surface area contributed by atoms with Crippen LogP contribution in [-0.2, 0) is 0 Å². The summed E-state index contributed by atoms with van der Waals surface area (Å²) in [5.74, 6) is 0. The van der Waals surface area contributed by atoms with Gasteiger partial charge in [-0.3, -0.25) is 10.1 Å². The van der Waals surface area contributed by atoms with E-state index >= 15 is 0 Å². The molecule has 0 spiro atoms. The Kier molecular flexibility index (Phi) is 2.14. The van der Waals surface area contributed by atoms with E-state index in [0.29, 0.717) is 5.69 Å². The predicted molar refractivity (Wildman–Crippen MR) is 42.6 cm³/mol. The Balaban J connectivity index is 3.22. The maximum Gasteiger partial charge on any atom is 0.271 e. The first-order valence-corrected chi connectivity index (χ1v) is 3.27. The highest BCUT2D eigenvalue weighted by molar-refractivity contribution is 5.51. The SMILES string of the molecule is Cc1ccc([N+](=O)[O-])cc1N=N. The minimum atomic E-state index is -0.506. The van der Waals surface area contributed by atoms with Crippen molar-refractivity contribution in [2.24, 2.45) is 5.11 Å². The summed E-state index contributed by atoms with van der Waals surface area (Å²) in [7, 11) is 0. The highest BCUT2D eigenvalue weighted by atomic mass is 16.6. The molecule has 0 bridgehead atoms. The van der Waals surface area contributed by atoms with Gasteiger partial charge in [0.05, 0.1) is 10.6 Å². The second kappa shape index (κ2) is 3.08. The second-order valence-corrected chi connectivity index (χ2v) is 2.34. The molecule has 0 atom stereocenters. The Morgan fingerprint density at radius 1 is 1.58 bits per heavy atom. The van der Waals surface area contributed by atoms with Crippen molar-refractivity contribution in [1.82, 2.24) is 0 Å². The highest BCUT2D eigenvalue weighted by Gasteiger charge is 2.07. The number of benzene rings is 1. The summed E-state index contributed by atoms with van der Waals surface area (Å²) in [5, 5.41) is 13.4. The van der Waals surface area contributed by atoms with Gasteiger partial charge in [-0.2, -0.15) is 5.11 Å². The Labute approximate surface area is 68.7 Å². The van der Waals surface area contributed by atoms with Gasteiger partial charge in [0.25, 0.3) is 5.69 Å². The van der Waals surface area contributed by atoms with Crippen molar-refractivity contribution in [3.63, 3.8) is 0 Å². The van der Waals surface area contributed by atoms with E-state index in [-0.39, 0.29) is 5.69 Å². The van der Waals surface area contributed by atoms with Gasteiger partial charge in [0.1, 0.15) is 0 Å². The summed E-state index contributed by atoms with van der Waals surface area (Å²) in [6.45, 7) is 1.75. The maximum absolute atomic E-state index is 10.3. The quantitative estimate of drug-likeness (QED) is 0.415. The molecule has 5 heteroatoms. The molecule has 1 rings (SSSR count). The number of aryl methyl sites for hydroxylation is 1. The summed E-state index contributed by atoms with van der Waals surface area (Å²) in [6, 6.07) is 4.25. The van der Waals surface area contributed by atoms with Crippen LogP contribution in [0.25, 0.3) is 0 Å². The van der Waals surface area contributed by atoms with E-state index in [1.807, 2.05) is 0 Å². The van der Waals surface area contributed by atoms with E-state index in [1.54, 1.807) is 13.0 Å². The first-order valence-electron chi connectivity index (χ1n) is 3.27. The number of nitro groups is 1. The van der Waals surface area contributed by atoms with Crippen molar-refractivity contribution in [2.75, 3.05) is 0 Å². The van der Waals surface area contributed by atoms with Gasteiger partial charge in [-0.05, 0) is 12.5 Å². The molecule has 0 aromatic heterocycles. The van der Waals surface area contributed by atoms with E-state index in [4.69, 9.17) is 5.53 Å². The number of hydrogen-bond donors (Lipinski definition) is 1. The van der Waals surface area contributed by atoms with Gasteiger partial charge in [0, 0.05) is 12.1 Å². The molecule has 0 amide bonds. The van der Waals surface area contributed by atoms with Crippen molar-refractivity contribution >= 4 is 11.4 Å². The van der Waals surface area contributed by atoms with Crippen LogP contribution in [0.1, 0.15) is 5.56 Å². The average Bonchev–Trinajstić information content (AvgIpc) is 2.05. The van der Waals surface area contributed by atoms with Gasteiger partial charge in [0.15, 0.2) is 0 Å². The molecule has 12 heavy (non-hydrogen) atoms. The minimum absolute atomic E-state index is 0.0356. The lowest BCUT2D eigenvalue weighted by Crippen LogP contribution is -1.87. The topological polar surface area (TPSA) is 79.3 Å². The van der Waals surface area contributed by atoms with Crippen LogP contribution >= 0.6 is 0 Å². The van der Waals surface area contributed by atoms with Gasteiger partial charge < -0.3 is 0 Å². The lowest BCUT2D eigenvalue weighted by molar-refractivity contribution is -0.384. The lowest BCUT2D eigenvalue weighted by atomic mass is 10.2. The zero-order chi connectivity index (χ0) is 9.14. The lowest BCUT2D eigenvalue weighted by Gasteiger charge is -1.96. The van der Waals surface area contributed by atoms with Gasteiger partial charge in [0.2, 0.25) is 0 Å². The molecule has 0 aliphatic carbocycles. The number of non-ortho nitro benzene ring substituents is 1. The normalized spacial score (nSPS) is 9.42. The molecule has 0 fully saturated rings. The van der Waals surface area contributed by atoms with Crippen molar-refractivity contribution in [1.29, 1.82) is 5.53 Å². The standard InChI is InChI=1S/C7H7N3O2/c1-5-2-3-6(10(11)12)4-7(5)9-8/h2-4,8H,1H3. The summed E-state index contributed by atoms with van der Waals surface area (Å²) >= 11 is 0. The Bertz CT molecular complexity index is 335. The van der Waals surface area contributed by atoms with E-state index in [0.717, 1.165) is 5.56 Å². The third-order valence-corrected chi connectivity index (χ3v) is 1.52. The molecule has 0 aliphatic heterocycles. The smallest absolute Gasteiger partial charge is 0.258 e. The molecular formula is C7H7N3O2. The molecule has 0 saturated carbocycles. The van der Waals surface area contributed by atoms with E-state index < -0.39 is 4.92 Å². The number of nitrogens with zero attached hydrogens (tertiary/aromatic N) is 2. The fourth-order valence-electron chi connectivity index (χ4n) is 0.832. The molecule has 62 valence electrons. The molecule has 1 aromatic rings. The molecule has 5 nitrogen and oxygen atoms in total. The van der Waals surface area contributed by atoms with E-state index in [9.17, 15) is 10.1 Å². The number of rotatable bonds is 2. The monoisotopic (exact) mass is 165 g/mol. The summed E-state index contributed by atoms with van der Waals surface area (Å²) in [6.07, 6.45) is 0. The first kappa shape index (κ1) is 8.32. The van der Waals surface area contributed by atoms with Gasteiger partial charge in [-0.25, -0.2) is 5.53 Å². The van der Waals surface area contributed by atoms with Crippen LogP contribution in [-0.4, -0.2) is 4.92 Å². The van der Waals surface area contributed by atoms with Crippen molar-refractivity contribution in [3.05, 3.63) is 33.9 Å². The van der Waals surface area contributed by atoms with Crippen LogP contribution in [0.3, 0.4) is 0 Å². The molecule has 0 saturated heterocycles. The van der Waals surface area contributed by atoms with Crippen LogP contribution in [0.5, 0.6) is 0 Å². The Hall–Kier alpha value is -1.78. The maximum atomic E-state index is 10.3. The average molecular weight is 165 g/mol. The third-order valence-electron chi connectivity index (χ3n) is 1.52. The minimum Gasteiger partial charge on any atom is -0.258 e. The van der Waals surface area contributed by atoms with Crippen molar-refractivity contribution in [3.8, 4) is 0 Å². The van der Waals surface area contributed by atoms with Crippen LogP contribution in [0, 0.1) is 22.6 Å². The molecule has 0 heterocycles. The number of hydrogen-bond acceptors (Lipinski definition) is 4. The molecule has 1 N–H and O–H groups in total. The van der Waals surface area contributed by atoms with Crippen molar-refractivity contribution < 1.29 is 4.92 Å². The third kappa shape index (κ3) is 1.45. The van der Waals surface area contributed by atoms with Crippen LogP contribution in [0.4, 0.5) is 11.4 Å². The second-order valence-electron chi connectivity index (χ2n) is 2.34. The predicted octanol–water partition coefficient (Wildman–Crippen LogP) is 2.57. The van der Waals surface area contributed by atoms with Gasteiger partial charge in [-0.15, -0.1) is 0 Å². The molecule has 0 unspecified atom stereocenters. The molecular weight excluding hydrogens is 158 g/mol. The fraction of sp³-hybridized carbons (Fsp3) is 0.143. The summed E-state index contributed by atoms with van der Waals surface area (Å²) < 4.78 is 0. The summed E-state index contributed by atoms with van der Waals surface area (Å²) in [5.41, 5.74) is 7.79. The Morgan fingerprint density at radius 2 is 2.25 bits per heavy atom. The van der Waals surface area contributed by atoms with Gasteiger partial charge in [-0.1, -0.05) is 6.07 Å². The van der Waals surface area contributed by atoms with Crippen LogP contribution in [0.2, 0.25) is 0 Å². The largest absolute Gasteiger partial charge is 0.271 e. The highest BCUT2D eigenvalue weighted by Crippen LogP contribution is 2.23.